The highest BCUT2D eigenvalue weighted by Crippen LogP contribution is 2.45. The van der Waals surface area contributed by atoms with Crippen molar-refractivity contribution in [2.75, 3.05) is 0 Å². The van der Waals surface area contributed by atoms with Gasteiger partial charge in [0.15, 0.2) is 0 Å². The summed E-state index contributed by atoms with van der Waals surface area (Å²) in [5.74, 6) is 0. The lowest BCUT2D eigenvalue weighted by Gasteiger charge is -2.14. The molecule has 14 aromatic rings. The molecule has 0 saturated carbocycles. The van der Waals surface area contributed by atoms with Crippen LogP contribution in [0.2, 0.25) is 0 Å². The topological polar surface area (TPSA) is 44.1 Å². The molecule has 15 rings (SSSR count). The van der Waals surface area contributed by atoms with E-state index in [4.69, 9.17) is 13.8 Å². The summed E-state index contributed by atoms with van der Waals surface area (Å²) < 4.78 is 18.1. The quantitative estimate of drug-likeness (QED) is 0.167. The van der Waals surface area contributed by atoms with Gasteiger partial charge in [-0.15, -0.1) is 11.3 Å². The minimum atomic E-state index is 0.858. The molecule has 1 aliphatic rings. The van der Waals surface area contributed by atoms with Crippen molar-refractivity contribution in [3.05, 3.63) is 224 Å². The number of benzene rings is 9. The van der Waals surface area contributed by atoms with E-state index in [1.165, 1.54) is 58.7 Å². The fraction of sp³-hybridized carbons (Fsp3) is 0.0308. The molecule has 0 saturated heterocycles. The van der Waals surface area contributed by atoms with Crippen molar-refractivity contribution in [2.45, 2.75) is 12.8 Å². The van der Waals surface area contributed by atoms with E-state index < -0.39 is 0 Å². The molecule has 4 nitrogen and oxygen atoms in total. The highest BCUT2D eigenvalue weighted by atomic mass is 32.1. The Balaban J connectivity index is 0.883. The van der Waals surface area contributed by atoms with E-state index in [0.29, 0.717) is 0 Å². The Morgan fingerprint density at radius 1 is 0.429 bits per heavy atom. The number of furan rings is 2. The number of thiophene rings is 1. The molecule has 0 fully saturated rings. The van der Waals surface area contributed by atoms with Gasteiger partial charge >= 0.3 is 0 Å². The molecule has 0 amide bonds. The number of para-hydroxylation sites is 2. The molecule has 5 heteroatoms. The van der Waals surface area contributed by atoms with Gasteiger partial charge in [-0.05, 0) is 137 Å². The van der Waals surface area contributed by atoms with Gasteiger partial charge in [0.25, 0.3) is 0 Å². The summed E-state index contributed by atoms with van der Waals surface area (Å²) in [5, 5.41) is 9.45. The monoisotopic (exact) mass is 912 g/mol. The number of nitrogens with zero attached hydrogens (tertiary/aromatic N) is 2. The first-order valence-electron chi connectivity index (χ1n) is 24.0. The van der Waals surface area contributed by atoms with Crippen molar-refractivity contribution >= 4 is 103 Å². The Bertz CT molecular complexity index is 4540. The van der Waals surface area contributed by atoms with Crippen molar-refractivity contribution in [3.63, 3.8) is 0 Å². The third-order valence-corrected chi connectivity index (χ3v) is 15.7. The molecule has 9 aromatic carbocycles. The fourth-order valence-electron chi connectivity index (χ4n) is 11.1. The van der Waals surface area contributed by atoms with Crippen LogP contribution in [0.3, 0.4) is 0 Å². The predicted molar refractivity (Wildman–Crippen MR) is 294 cm³/mol. The van der Waals surface area contributed by atoms with Crippen molar-refractivity contribution in [2.24, 2.45) is 0 Å². The van der Waals surface area contributed by atoms with Gasteiger partial charge in [0.05, 0.1) is 22.4 Å². The number of fused-ring (bicyclic) bond motifs is 12. The van der Waals surface area contributed by atoms with Crippen molar-refractivity contribution in [3.8, 4) is 50.3 Å². The zero-order valence-electron chi connectivity index (χ0n) is 37.8. The van der Waals surface area contributed by atoms with E-state index in [1.54, 1.807) is 0 Å². The summed E-state index contributed by atoms with van der Waals surface area (Å²) >= 11 is 1.88. The molecule has 1 aliphatic carbocycles. The number of allylic oxidation sites excluding steroid dienone is 4. The largest absolute Gasteiger partial charge is 0.456 e. The van der Waals surface area contributed by atoms with Gasteiger partial charge < -0.3 is 13.4 Å². The van der Waals surface area contributed by atoms with Crippen molar-refractivity contribution in [1.82, 2.24) is 9.55 Å². The van der Waals surface area contributed by atoms with Gasteiger partial charge in [-0.25, -0.2) is 4.98 Å². The van der Waals surface area contributed by atoms with E-state index in [0.717, 1.165) is 102 Å². The van der Waals surface area contributed by atoms with Crippen LogP contribution in [-0.4, -0.2) is 9.55 Å². The smallest absolute Gasteiger partial charge is 0.136 e. The van der Waals surface area contributed by atoms with E-state index >= 15 is 0 Å². The van der Waals surface area contributed by atoms with Crippen LogP contribution in [0, 0.1) is 0 Å². The Hall–Kier alpha value is -8.77. The zero-order valence-corrected chi connectivity index (χ0v) is 38.6. The lowest BCUT2D eigenvalue weighted by Crippen LogP contribution is -1.96. The molecule has 328 valence electrons. The highest BCUT2D eigenvalue weighted by Gasteiger charge is 2.20. The third-order valence-electron chi connectivity index (χ3n) is 14.5. The van der Waals surface area contributed by atoms with Crippen LogP contribution in [0.1, 0.15) is 18.5 Å². The summed E-state index contributed by atoms with van der Waals surface area (Å²) in [6.45, 7) is 0. The van der Waals surface area contributed by atoms with E-state index in [9.17, 15) is 0 Å². The van der Waals surface area contributed by atoms with Crippen LogP contribution in [0.25, 0.3) is 142 Å². The molecule has 5 heterocycles. The normalized spacial score (nSPS) is 13.1. The summed E-state index contributed by atoms with van der Waals surface area (Å²) in [7, 11) is 0. The molecule has 5 aromatic heterocycles. The second-order valence-corrected chi connectivity index (χ2v) is 19.6. The highest BCUT2D eigenvalue weighted by molar-refractivity contribution is 7.26. The lowest BCUT2D eigenvalue weighted by molar-refractivity contribution is 0.668. The number of hydrogen-bond acceptors (Lipinski definition) is 4. The first-order chi connectivity index (χ1) is 34.7. The van der Waals surface area contributed by atoms with Gasteiger partial charge in [-0.3, -0.25) is 0 Å². The Morgan fingerprint density at radius 3 is 2.04 bits per heavy atom. The van der Waals surface area contributed by atoms with Crippen LogP contribution in [-0.2, 0) is 0 Å². The van der Waals surface area contributed by atoms with E-state index in [1.807, 2.05) is 23.5 Å². The molecular weight excluding hydrogens is 873 g/mol. The third kappa shape index (κ3) is 6.11. The van der Waals surface area contributed by atoms with Crippen LogP contribution in [0.4, 0.5) is 0 Å². The second-order valence-electron chi connectivity index (χ2n) is 18.5. The van der Waals surface area contributed by atoms with Gasteiger partial charge in [0.2, 0.25) is 0 Å². The maximum Gasteiger partial charge on any atom is 0.136 e. The molecule has 0 radical (unpaired) electrons. The van der Waals surface area contributed by atoms with Gasteiger partial charge in [-0.2, -0.15) is 0 Å². The Kier molecular flexibility index (Phi) is 8.62. The number of rotatable bonds is 6. The summed E-state index contributed by atoms with van der Waals surface area (Å²) in [6, 6.07) is 72.5. The molecule has 0 unspecified atom stereocenters. The zero-order chi connectivity index (χ0) is 45.9. The van der Waals surface area contributed by atoms with Crippen molar-refractivity contribution in [1.29, 1.82) is 0 Å². The van der Waals surface area contributed by atoms with E-state index in [-0.39, 0.29) is 0 Å². The molecular formula is C65H40N2O2S. The van der Waals surface area contributed by atoms with Gasteiger partial charge in [-0.1, -0.05) is 133 Å². The number of pyridine rings is 1. The SMILES string of the molecule is C1=CCCC(c2cc(-c3cccc4oc5ccc(-c6ccc7c(c6)c6ccc(-c8cccc9c8sc8ccccc89)cc6n7-c6ccccc6)cc5c34)cc(-c3ccc4c(c3)oc3ccccc34)n2)=C1. The summed E-state index contributed by atoms with van der Waals surface area (Å²) in [4.78, 5) is 5.34. The minimum absolute atomic E-state index is 0.858. The lowest BCUT2D eigenvalue weighted by atomic mass is 9.93. The van der Waals surface area contributed by atoms with Crippen LogP contribution in [0.15, 0.2) is 227 Å². The summed E-state index contributed by atoms with van der Waals surface area (Å²) in [5.41, 5.74) is 18.1. The number of aromatic nitrogens is 2. The first-order valence-corrected chi connectivity index (χ1v) is 24.8. The first kappa shape index (κ1) is 39.2. The predicted octanol–water partition coefficient (Wildman–Crippen LogP) is 18.7. The maximum atomic E-state index is 6.66. The molecule has 0 aliphatic heterocycles. The molecule has 0 spiro atoms. The molecule has 0 bridgehead atoms. The average molecular weight is 913 g/mol. The van der Waals surface area contributed by atoms with Gasteiger partial charge in [0.1, 0.15) is 22.3 Å². The average Bonchev–Trinajstić information content (AvgIpc) is 4.19. The molecule has 0 atom stereocenters. The fourth-order valence-corrected chi connectivity index (χ4v) is 12.4. The Labute approximate surface area is 406 Å². The molecule has 0 N–H and O–H groups in total. The molecule has 70 heavy (non-hydrogen) atoms. The summed E-state index contributed by atoms with van der Waals surface area (Å²) in [6.07, 6.45) is 8.52. The maximum absolute atomic E-state index is 6.66. The van der Waals surface area contributed by atoms with Crippen LogP contribution < -0.4 is 0 Å². The minimum Gasteiger partial charge on any atom is -0.456 e. The Morgan fingerprint density at radius 2 is 1.13 bits per heavy atom. The number of hydrogen-bond donors (Lipinski definition) is 0. The second kappa shape index (κ2) is 15.4. The van der Waals surface area contributed by atoms with Crippen molar-refractivity contribution < 1.29 is 8.83 Å². The van der Waals surface area contributed by atoms with Crippen LogP contribution in [0.5, 0.6) is 0 Å². The van der Waals surface area contributed by atoms with Crippen LogP contribution >= 0.6 is 11.3 Å². The standard InChI is InChI=1S/C65H40N2O2S/c1-3-13-39(14-4-1)55-35-44(36-56(66-55)43-26-30-50-49-17-7-9-22-59(49)69-62(50)38-43)46-19-12-23-61-64(46)54-34-41(28-32-60(54)68-61)40-27-31-57-53(33-40)48-29-25-42(37-58(48)67(57)45-15-5-2-6-16-45)47-20-11-21-52-51-18-8-10-24-63(51)70-65(47)52/h1-3,5-13,15-38H,4,14H2. The van der Waals surface area contributed by atoms with Gasteiger partial charge in [0, 0.05) is 63.7 Å². The van der Waals surface area contributed by atoms with E-state index in [2.05, 4.69) is 211 Å².